The highest BCUT2D eigenvalue weighted by Gasteiger charge is 2.38. The van der Waals surface area contributed by atoms with Crippen molar-refractivity contribution in [3.05, 3.63) is 76.7 Å². The standard InChI is InChI=1S/C28H33N3O4S/c32-23-16-31(17-28-29-12-13-36-28)25-11-10-24(35-26(25)19-34-18-23)14-27(33)30-15-20-6-8-22(9-7-20)21-4-2-1-3-5-21/h1-9,12-13,23-26,32H,10-11,14-19H2,(H,30,33)/t23-,24+,25+,26-/m1/s1. The lowest BCUT2D eigenvalue weighted by Gasteiger charge is -2.44. The fourth-order valence-corrected chi connectivity index (χ4v) is 5.70. The fraction of sp³-hybridized carbons (Fsp3) is 0.429. The van der Waals surface area contributed by atoms with Gasteiger partial charge in [-0.05, 0) is 29.5 Å². The molecule has 2 N–H and O–H groups in total. The first kappa shape index (κ1) is 25.0. The number of ether oxygens (including phenoxy) is 2. The molecule has 3 heterocycles. The lowest BCUT2D eigenvalue weighted by atomic mass is 9.94. The zero-order valence-corrected chi connectivity index (χ0v) is 21.1. The fourth-order valence-electron chi connectivity index (χ4n) is 5.06. The maximum absolute atomic E-state index is 12.7. The van der Waals surface area contributed by atoms with Gasteiger partial charge in [0.2, 0.25) is 5.91 Å². The van der Waals surface area contributed by atoms with Crippen molar-refractivity contribution in [1.82, 2.24) is 15.2 Å². The lowest BCUT2D eigenvalue weighted by molar-refractivity contribution is -0.158. The average molecular weight is 508 g/mol. The summed E-state index contributed by atoms with van der Waals surface area (Å²) in [5, 5.41) is 16.4. The molecule has 0 bridgehead atoms. The minimum Gasteiger partial charge on any atom is -0.389 e. The van der Waals surface area contributed by atoms with Crippen LogP contribution in [-0.2, 0) is 27.4 Å². The van der Waals surface area contributed by atoms with Crippen molar-refractivity contribution in [2.75, 3.05) is 19.8 Å². The maximum Gasteiger partial charge on any atom is 0.222 e. The van der Waals surface area contributed by atoms with Gasteiger partial charge in [-0.3, -0.25) is 9.69 Å². The molecular formula is C28H33N3O4S. The van der Waals surface area contributed by atoms with E-state index in [9.17, 15) is 9.90 Å². The van der Waals surface area contributed by atoms with Crippen LogP contribution in [0.3, 0.4) is 0 Å². The molecule has 5 rings (SSSR count). The highest BCUT2D eigenvalue weighted by molar-refractivity contribution is 7.09. The molecule has 2 saturated heterocycles. The minimum atomic E-state index is -0.531. The zero-order chi connectivity index (χ0) is 24.7. The summed E-state index contributed by atoms with van der Waals surface area (Å²) in [6, 6.07) is 18.7. The van der Waals surface area contributed by atoms with E-state index in [1.807, 2.05) is 29.8 Å². The number of amides is 1. The average Bonchev–Trinajstić information content (AvgIpc) is 3.40. The van der Waals surface area contributed by atoms with Gasteiger partial charge in [0.15, 0.2) is 0 Å². The van der Waals surface area contributed by atoms with Crippen molar-refractivity contribution < 1.29 is 19.4 Å². The third kappa shape index (κ3) is 6.57. The Kier molecular flexibility index (Phi) is 8.40. The topological polar surface area (TPSA) is 83.9 Å². The van der Waals surface area contributed by atoms with Crippen LogP contribution < -0.4 is 5.32 Å². The van der Waals surface area contributed by atoms with E-state index in [0.717, 1.165) is 29.0 Å². The summed E-state index contributed by atoms with van der Waals surface area (Å²) in [5.74, 6) is -0.00703. The van der Waals surface area contributed by atoms with Crippen molar-refractivity contribution in [2.45, 2.75) is 56.7 Å². The van der Waals surface area contributed by atoms with E-state index >= 15 is 0 Å². The van der Waals surface area contributed by atoms with Crippen molar-refractivity contribution in [3.63, 3.8) is 0 Å². The van der Waals surface area contributed by atoms with E-state index in [2.05, 4.69) is 51.6 Å². The van der Waals surface area contributed by atoms with Crippen LogP contribution in [0.25, 0.3) is 11.1 Å². The van der Waals surface area contributed by atoms with E-state index in [4.69, 9.17) is 9.47 Å². The second-order valence-electron chi connectivity index (χ2n) is 9.53. The highest BCUT2D eigenvalue weighted by atomic mass is 32.1. The Bertz CT molecular complexity index is 1090. The summed E-state index contributed by atoms with van der Waals surface area (Å²) >= 11 is 1.62. The van der Waals surface area contributed by atoms with Gasteiger partial charge in [-0.2, -0.15) is 0 Å². The molecule has 7 nitrogen and oxygen atoms in total. The second-order valence-corrected chi connectivity index (χ2v) is 10.5. The largest absolute Gasteiger partial charge is 0.389 e. The molecule has 4 atom stereocenters. The summed E-state index contributed by atoms with van der Waals surface area (Å²) in [6.07, 6.45) is 3.04. The molecule has 3 aromatic rings. The number of aliphatic hydroxyl groups excluding tert-OH is 1. The first-order chi connectivity index (χ1) is 17.6. The van der Waals surface area contributed by atoms with Gasteiger partial charge in [0.25, 0.3) is 0 Å². The Morgan fingerprint density at radius 2 is 1.89 bits per heavy atom. The van der Waals surface area contributed by atoms with Gasteiger partial charge in [-0.1, -0.05) is 54.6 Å². The van der Waals surface area contributed by atoms with Crippen LogP contribution in [0.15, 0.2) is 66.2 Å². The smallest absolute Gasteiger partial charge is 0.222 e. The second kappa shape index (κ2) is 12.1. The van der Waals surface area contributed by atoms with E-state index in [0.29, 0.717) is 32.7 Å². The number of carbonyl (C=O) groups is 1. The number of hydrogen-bond acceptors (Lipinski definition) is 7. The summed E-state index contributed by atoms with van der Waals surface area (Å²) < 4.78 is 12.1. The molecule has 1 aromatic heterocycles. The van der Waals surface area contributed by atoms with Gasteiger partial charge in [0.05, 0.1) is 44.5 Å². The van der Waals surface area contributed by atoms with E-state index in [-0.39, 0.29) is 30.8 Å². The van der Waals surface area contributed by atoms with Crippen molar-refractivity contribution in [1.29, 1.82) is 0 Å². The molecule has 190 valence electrons. The van der Waals surface area contributed by atoms with Crippen LogP contribution in [-0.4, -0.2) is 65.0 Å². The number of carbonyl (C=O) groups excluding carboxylic acids is 1. The number of nitrogens with zero attached hydrogens (tertiary/aromatic N) is 2. The van der Waals surface area contributed by atoms with Crippen LogP contribution in [0.5, 0.6) is 0 Å². The van der Waals surface area contributed by atoms with Crippen LogP contribution in [0.4, 0.5) is 0 Å². The van der Waals surface area contributed by atoms with Gasteiger partial charge < -0.3 is 19.9 Å². The predicted molar refractivity (Wildman–Crippen MR) is 139 cm³/mol. The molecular weight excluding hydrogens is 474 g/mol. The zero-order valence-electron chi connectivity index (χ0n) is 20.3. The number of benzene rings is 2. The Balaban J connectivity index is 1.13. The minimum absolute atomic E-state index is 0.00703. The predicted octanol–water partition coefficient (Wildman–Crippen LogP) is 3.63. The quantitative estimate of drug-likeness (QED) is 0.508. The number of β-amino-alcohol motifs (C(OH)–C–C–N with tert-alkyl or cyclic N) is 1. The summed E-state index contributed by atoms with van der Waals surface area (Å²) in [5.41, 5.74) is 3.41. The molecule has 0 saturated carbocycles. The van der Waals surface area contributed by atoms with E-state index in [1.165, 1.54) is 5.56 Å². The molecule has 8 heteroatoms. The van der Waals surface area contributed by atoms with Crippen molar-refractivity contribution in [2.24, 2.45) is 0 Å². The third-order valence-electron chi connectivity index (χ3n) is 6.87. The van der Waals surface area contributed by atoms with Crippen LogP contribution >= 0.6 is 11.3 Å². The Morgan fingerprint density at radius 1 is 1.08 bits per heavy atom. The molecule has 0 unspecified atom stereocenters. The monoisotopic (exact) mass is 507 g/mol. The molecule has 0 spiro atoms. The third-order valence-corrected chi connectivity index (χ3v) is 7.64. The summed E-state index contributed by atoms with van der Waals surface area (Å²) in [6.45, 7) is 2.41. The SMILES string of the molecule is O=C(C[C@@H]1CC[C@H]2[C@@H](COC[C@H](O)CN2Cc2nccs2)O1)NCc1ccc(-c2ccccc2)cc1. The number of aliphatic hydroxyl groups is 1. The molecule has 0 aliphatic carbocycles. The molecule has 2 aromatic carbocycles. The van der Waals surface area contributed by atoms with Crippen LogP contribution in [0.2, 0.25) is 0 Å². The number of thiazole rings is 1. The normalized spacial score (nSPS) is 24.9. The number of hydrogen-bond donors (Lipinski definition) is 2. The number of nitrogens with one attached hydrogen (secondary N) is 1. The van der Waals surface area contributed by atoms with E-state index in [1.54, 1.807) is 11.3 Å². The molecule has 1 amide bonds. The Morgan fingerprint density at radius 3 is 2.67 bits per heavy atom. The maximum atomic E-state index is 12.7. The van der Waals surface area contributed by atoms with Gasteiger partial charge in [-0.25, -0.2) is 4.98 Å². The van der Waals surface area contributed by atoms with Crippen LogP contribution in [0, 0.1) is 0 Å². The first-order valence-corrected chi connectivity index (χ1v) is 13.5. The molecule has 0 radical (unpaired) electrons. The van der Waals surface area contributed by atoms with Crippen molar-refractivity contribution in [3.8, 4) is 11.1 Å². The molecule has 36 heavy (non-hydrogen) atoms. The van der Waals surface area contributed by atoms with Crippen LogP contribution in [0.1, 0.15) is 29.8 Å². The summed E-state index contributed by atoms with van der Waals surface area (Å²) in [4.78, 5) is 19.4. The molecule has 2 fully saturated rings. The number of aromatic nitrogens is 1. The molecule has 2 aliphatic heterocycles. The van der Waals surface area contributed by atoms with Gasteiger partial charge in [0, 0.05) is 30.7 Å². The van der Waals surface area contributed by atoms with Gasteiger partial charge in [0.1, 0.15) is 5.01 Å². The number of rotatable bonds is 7. The van der Waals surface area contributed by atoms with Crippen molar-refractivity contribution >= 4 is 17.2 Å². The molecule has 2 aliphatic rings. The lowest BCUT2D eigenvalue weighted by Crippen LogP contribution is -2.55. The Labute approximate surface area is 216 Å². The first-order valence-electron chi connectivity index (χ1n) is 12.6. The Hall–Kier alpha value is -2.62. The highest BCUT2D eigenvalue weighted by Crippen LogP contribution is 2.29. The van der Waals surface area contributed by atoms with Gasteiger partial charge in [-0.15, -0.1) is 11.3 Å². The van der Waals surface area contributed by atoms with E-state index < -0.39 is 6.10 Å². The number of fused-ring (bicyclic) bond motifs is 1. The summed E-state index contributed by atoms with van der Waals surface area (Å²) in [7, 11) is 0. The van der Waals surface area contributed by atoms with Gasteiger partial charge >= 0.3 is 0 Å².